The van der Waals surface area contributed by atoms with Crippen molar-refractivity contribution in [3.05, 3.63) is 42.0 Å². The van der Waals surface area contributed by atoms with Gasteiger partial charge in [0.15, 0.2) is 0 Å². The molecule has 0 saturated carbocycles. The molecule has 2 aromatic rings. The van der Waals surface area contributed by atoms with E-state index >= 15 is 0 Å². The molecule has 0 aliphatic heterocycles. The second-order valence-corrected chi connectivity index (χ2v) is 3.62. The molecule has 1 aromatic carbocycles. The Morgan fingerprint density at radius 3 is 2.94 bits per heavy atom. The van der Waals surface area contributed by atoms with E-state index in [9.17, 15) is 9.18 Å². The van der Waals surface area contributed by atoms with Crippen LogP contribution in [0.2, 0.25) is 0 Å². The van der Waals surface area contributed by atoms with E-state index in [2.05, 4.69) is 5.10 Å². The van der Waals surface area contributed by atoms with Crippen molar-refractivity contribution in [2.45, 2.75) is 6.42 Å². The molecule has 0 saturated heterocycles. The van der Waals surface area contributed by atoms with E-state index in [0.29, 0.717) is 17.1 Å². The summed E-state index contributed by atoms with van der Waals surface area (Å²) in [6, 6.07) is 5.55. The van der Waals surface area contributed by atoms with E-state index in [4.69, 9.17) is 9.84 Å². The Morgan fingerprint density at radius 1 is 1.50 bits per heavy atom. The third kappa shape index (κ3) is 2.32. The molecule has 5 nitrogen and oxygen atoms in total. The molecule has 1 aromatic heterocycles. The van der Waals surface area contributed by atoms with E-state index in [1.165, 1.54) is 36.2 Å². The Kier molecular flexibility index (Phi) is 3.27. The lowest BCUT2D eigenvalue weighted by Gasteiger charge is -2.10. The summed E-state index contributed by atoms with van der Waals surface area (Å²) in [5.41, 5.74) is 0.824. The van der Waals surface area contributed by atoms with Crippen LogP contribution in [0.5, 0.6) is 5.75 Å². The number of nitrogens with zero attached hydrogens (tertiary/aromatic N) is 2. The van der Waals surface area contributed by atoms with Gasteiger partial charge in [0, 0.05) is 12.3 Å². The Hall–Kier alpha value is -2.37. The molecule has 1 N–H and O–H groups in total. The number of rotatable bonds is 4. The molecule has 0 amide bonds. The molecule has 0 atom stereocenters. The number of carbonyl (C=O) groups is 1. The molecule has 2 rings (SSSR count). The zero-order chi connectivity index (χ0) is 13.1. The standard InChI is InChI=1S/C12H11FN2O3/c1-18-11-3-2-8(13)6-10(11)15-9(4-5-14-15)7-12(16)17/h2-6H,7H2,1H3,(H,16,17). The van der Waals surface area contributed by atoms with Crippen LogP contribution in [0.15, 0.2) is 30.5 Å². The highest BCUT2D eigenvalue weighted by atomic mass is 19.1. The molecular formula is C12H11FN2O3. The van der Waals surface area contributed by atoms with Crippen molar-refractivity contribution in [3.63, 3.8) is 0 Å². The van der Waals surface area contributed by atoms with E-state index in [0.717, 1.165) is 0 Å². The SMILES string of the molecule is COc1ccc(F)cc1-n1nccc1CC(=O)O. The van der Waals surface area contributed by atoms with Crippen LogP contribution in [0, 0.1) is 5.82 Å². The zero-order valence-electron chi connectivity index (χ0n) is 9.63. The molecule has 94 valence electrons. The smallest absolute Gasteiger partial charge is 0.309 e. The number of halogens is 1. The largest absolute Gasteiger partial charge is 0.494 e. The van der Waals surface area contributed by atoms with Crippen molar-refractivity contribution in [2.24, 2.45) is 0 Å². The van der Waals surface area contributed by atoms with E-state index < -0.39 is 11.8 Å². The van der Waals surface area contributed by atoms with E-state index in [1.54, 1.807) is 6.07 Å². The number of hydrogen-bond acceptors (Lipinski definition) is 3. The first kappa shape index (κ1) is 12.1. The summed E-state index contributed by atoms with van der Waals surface area (Å²) in [7, 11) is 1.46. The second-order valence-electron chi connectivity index (χ2n) is 3.62. The van der Waals surface area contributed by atoms with Crippen molar-refractivity contribution in [1.29, 1.82) is 0 Å². The van der Waals surface area contributed by atoms with Gasteiger partial charge in [-0.2, -0.15) is 5.10 Å². The van der Waals surface area contributed by atoms with Crippen molar-refractivity contribution < 1.29 is 19.0 Å². The van der Waals surface area contributed by atoms with Crippen LogP contribution in [0.25, 0.3) is 5.69 Å². The number of carboxylic acids is 1. The predicted molar refractivity (Wildman–Crippen MR) is 61.4 cm³/mol. The molecule has 0 bridgehead atoms. The van der Waals surface area contributed by atoms with Crippen LogP contribution in [-0.4, -0.2) is 28.0 Å². The summed E-state index contributed by atoms with van der Waals surface area (Å²) < 4.78 is 19.7. The monoisotopic (exact) mass is 250 g/mol. The first-order valence-electron chi connectivity index (χ1n) is 5.20. The van der Waals surface area contributed by atoms with Gasteiger partial charge in [-0.3, -0.25) is 4.79 Å². The molecule has 6 heteroatoms. The first-order valence-corrected chi connectivity index (χ1v) is 5.20. The fraction of sp³-hybridized carbons (Fsp3) is 0.167. The molecular weight excluding hydrogens is 239 g/mol. The minimum absolute atomic E-state index is 0.195. The van der Waals surface area contributed by atoms with Crippen LogP contribution in [-0.2, 0) is 11.2 Å². The Balaban J connectivity index is 2.51. The van der Waals surface area contributed by atoms with Crippen LogP contribution >= 0.6 is 0 Å². The van der Waals surface area contributed by atoms with Crippen molar-refractivity contribution >= 4 is 5.97 Å². The zero-order valence-corrected chi connectivity index (χ0v) is 9.63. The molecule has 0 unspecified atom stereocenters. The van der Waals surface area contributed by atoms with Gasteiger partial charge in [0.1, 0.15) is 17.3 Å². The third-order valence-electron chi connectivity index (χ3n) is 2.42. The maximum Gasteiger partial charge on any atom is 0.309 e. The highest BCUT2D eigenvalue weighted by molar-refractivity contribution is 5.70. The summed E-state index contributed by atoms with van der Waals surface area (Å²) in [4.78, 5) is 10.7. The molecule has 0 spiro atoms. The summed E-state index contributed by atoms with van der Waals surface area (Å²) in [5.74, 6) is -0.999. The fourth-order valence-electron chi connectivity index (χ4n) is 1.67. The normalized spacial score (nSPS) is 10.3. The number of carboxylic acid groups (broad SMARTS) is 1. The Morgan fingerprint density at radius 2 is 2.28 bits per heavy atom. The predicted octanol–water partition coefficient (Wildman–Crippen LogP) is 1.65. The molecule has 0 fully saturated rings. The molecule has 18 heavy (non-hydrogen) atoms. The maximum atomic E-state index is 13.3. The summed E-state index contributed by atoms with van der Waals surface area (Å²) in [6.07, 6.45) is 1.27. The van der Waals surface area contributed by atoms with Gasteiger partial charge in [-0.25, -0.2) is 9.07 Å². The van der Waals surface area contributed by atoms with Crippen LogP contribution in [0.3, 0.4) is 0 Å². The first-order chi connectivity index (χ1) is 8.61. The number of ether oxygens (including phenoxy) is 1. The minimum Gasteiger partial charge on any atom is -0.494 e. The highest BCUT2D eigenvalue weighted by Crippen LogP contribution is 2.24. The number of hydrogen-bond donors (Lipinski definition) is 1. The van der Waals surface area contributed by atoms with Gasteiger partial charge in [0.2, 0.25) is 0 Å². The van der Waals surface area contributed by atoms with Gasteiger partial charge in [-0.1, -0.05) is 0 Å². The van der Waals surface area contributed by atoms with Gasteiger partial charge >= 0.3 is 5.97 Å². The number of benzene rings is 1. The Bertz CT molecular complexity index is 580. The van der Waals surface area contributed by atoms with Crippen LogP contribution in [0.4, 0.5) is 4.39 Å². The molecule has 1 heterocycles. The summed E-state index contributed by atoms with van der Waals surface area (Å²) in [6.45, 7) is 0. The molecule has 0 aliphatic carbocycles. The fourth-order valence-corrected chi connectivity index (χ4v) is 1.67. The molecule has 0 radical (unpaired) electrons. The van der Waals surface area contributed by atoms with E-state index in [-0.39, 0.29) is 6.42 Å². The van der Waals surface area contributed by atoms with Crippen LogP contribution < -0.4 is 4.74 Å². The highest BCUT2D eigenvalue weighted by Gasteiger charge is 2.13. The van der Waals surface area contributed by atoms with Crippen molar-refractivity contribution in [3.8, 4) is 11.4 Å². The van der Waals surface area contributed by atoms with Gasteiger partial charge in [0.05, 0.1) is 19.2 Å². The summed E-state index contributed by atoms with van der Waals surface area (Å²) >= 11 is 0. The van der Waals surface area contributed by atoms with Gasteiger partial charge in [-0.15, -0.1) is 0 Å². The van der Waals surface area contributed by atoms with Crippen molar-refractivity contribution in [1.82, 2.24) is 9.78 Å². The number of aromatic nitrogens is 2. The summed E-state index contributed by atoms with van der Waals surface area (Å²) in [5, 5.41) is 12.8. The topological polar surface area (TPSA) is 64.4 Å². The van der Waals surface area contributed by atoms with E-state index in [1.807, 2.05) is 0 Å². The van der Waals surface area contributed by atoms with Gasteiger partial charge in [0.25, 0.3) is 0 Å². The lowest BCUT2D eigenvalue weighted by Crippen LogP contribution is -2.09. The second kappa shape index (κ2) is 4.87. The molecule has 0 aliphatic rings. The Labute approximate surface area is 102 Å². The minimum atomic E-state index is -0.980. The maximum absolute atomic E-state index is 13.3. The number of aliphatic carboxylic acids is 1. The lowest BCUT2D eigenvalue weighted by atomic mass is 10.2. The third-order valence-corrected chi connectivity index (χ3v) is 2.42. The quantitative estimate of drug-likeness (QED) is 0.896. The average Bonchev–Trinajstić information content (AvgIpc) is 2.76. The van der Waals surface area contributed by atoms with Crippen molar-refractivity contribution in [2.75, 3.05) is 7.11 Å². The lowest BCUT2D eigenvalue weighted by molar-refractivity contribution is -0.136. The number of methoxy groups -OCH3 is 1. The van der Waals surface area contributed by atoms with Crippen LogP contribution in [0.1, 0.15) is 5.69 Å². The van der Waals surface area contributed by atoms with Gasteiger partial charge in [-0.05, 0) is 18.2 Å². The average molecular weight is 250 g/mol. The van der Waals surface area contributed by atoms with Gasteiger partial charge < -0.3 is 9.84 Å².